The van der Waals surface area contributed by atoms with Crippen LogP contribution in [0.25, 0.3) is 5.57 Å². The van der Waals surface area contributed by atoms with E-state index in [9.17, 15) is 4.79 Å². The fraction of sp³-hybridized carbons (Fsp3) is 0.364. The summed E-state index contributed by atoms with van der Waals surface area (Å²) in [5.41, 5.74) is 8.63. The third kappa shape index (κ3) is 3.16. The van der Waals surface area contributed by atoms with E-state index >= 15 is 0 Å². The van der Waals surface area contributed by atoms with Crippen LogP contribution >= 0.6 is 0 Å². The summed E-state index contributed by atoms with van der Waals surface area (Å²) in [4.78, 5) is 14.9. The number of hydrogen-bond acceptors (Lipinski definition) is 2. The molecule has 1 atom stereocenters. The second kappa shape index (κ2) is 7.07. The lowest BCUT2D eigenvalue weighted by Crippen LogP contribution is -2.28. The molecule has 0 aromatic heterocycles. The van der Waals surface area contributed by atoms with Crippen LogP contribution in [0.5, 0.6) is 0 Å². The Balaban J connectivity index is 1.76. The molecular formula is C22H25NO. The van der Waals surface area contributed by atoms with E-state index in [4.69, 9.17) is 0 Å². The van der Waals surface area contributed by atoms with Crippen molar-refractivity contribution >= 4 is 11.4 Å². The van der Waals surface area contributed by atoms with Gasteiger partial charge in [-0.05, 0) is 48.5 Å². The first-order valence-electron chi connectivity index (χ1n) is 8.86. The van der Waals surface area contributed by atoms with Crippen molar-refractivity contribution in [3.63, 3.8) is 0 Å². The van der Waals surface area contributed by atoms with Crippen LogP contribution < -0.4 is 0 Å². The number of nitrogens with zero attached hydrogens (tertiary/aromatic N) is 1. The molecule has 0 spiro atoms. The molecule has 0 saturated heterocycles. The molecule has 1 heterocycles. The van der Waals surface area contributed by atoms with Crippen molar-refractivity contribution < 1.29 is 4.79 Å². The highest BCUT2D eigenvalue weighted by Crippen LogP contribution is 2.27. The van der Waals surface area contributed by atoms with Crippen molar-refractivity contribution in [1.29, 1.82) is 0 Å². The molecule has 0 N–H and O–H groups in total. The van der Waals surface area contributed by atoms with Crippen LogP contribution in [-0.4, -0.2) is 23.8 Å². The van der Waals surface area contributed by atoms with Crippen molar-refractivity contribution in [2.45, 2.75) is 45.6 Å². The van der Waals surface area contributed by atoms with E-state index in [0.29, 0.717) is 6.04 Å². The van der Waals surface area contributed by atoms with Crippen molar-refractivity contribution in [2.75, 3.05) is 7.05 Å². The second-order valence-corrected chi connectivity index (χ2v) is 6.51. The van der Waals surface area contributed by atoms with E-state index in [1.807, 2.05) is 31.3 Å². The Bertz CT molecular complexity index is 758. The summed E-state index contributed by atoms with van der Waals surface area (Å²) in [6.45, 7) is 4.33. The highest BCUT2D eigenvalue weighted by Gasteiger charge is 2.26. The zero-order valence-electron chi connectivity index (χ0n) is 14.8. The van der Waals surface area contributed by atoms with Gasteiger partial charge in [0, 0.05) is 18.7 Å². The molecule has 1 unspecified atom stereocenters. The van der Waals surface area contributed by atoms with Crippen molar-refractivity contribution in [1.82, 2.24) is 4.90 Å². The molecule has 24 heavy (non-hydrogen) atoms. The van der Waals surface area contributed by atoms with Gasteiger partial charge in [0.15, 0.2) is 0 Å². The van der Waals surface area contributed by atoms with Crippen LogP contribution in [0.4, 0.5) is 0 Å². The van der Waals surface area contributed by atoms with Gasteiger partial charge < -0.3 is 4.90 Å². The maximum absolute atomic E-state index is 12.7. The predicted octanol–water partition coefficient (Wildman–Crippen LogP) is 5.15. The highest BCUT2D eigenvalue weighted by molar-refractivity contribution is 6.08. The summed E-state index contributed by atoms with van der Waals surface area (Å²) in [5, 5.41) is 0. The predicted molar refractivity (Wildman–Crippen MR) is 99.8 cm³/mol. The molecule has 2 heteroatoms. The minimum absolute atomic E-state index is 0.126. The molecule has 2 nitrogen and oxygen atoms in total. The standard InChI is InChI=1S/C22H25NO/c1-4-16-6-8-17(9-7-16)18-10-12-19(13-11-18)22(24)21-15-14-20(5-2)23(21)3/h8-13,15,20H,4-6,14H2,1-3H3. The minimum Gasteiger partial charge on any atom is -0.368 e. The molecule has 0 bridgehead atoms. The second-order valence-electron chi connectivity index (χ2n) is 6.51. The summed E-state index contributed by atoms with van der Waals surface area (Å²) in [5.74, 6) is 0.126. The largest absolute Gasteiger partial charge is 0.368 e. The van der Waals surface area contributed by atoms with Crippen molar-refractivity contribution in [3.05, 3.63) is 70.6 Å². The molecule has 1 aromatic carbocycles. The molecule has 1 aromatic rings. The van der Waals surface area contributed by atoms with E-state index in [-0.39, 0.29) is 5.78 Å². The molecule has 1 aliphatic carbocycles. The normalized spacial score (nSPS) is 19.9. The number of rotatable bonds is 5. The minimum atomic E-state index is 0.126. The van der Waals surface area contributed by atoms with Crippen LogP contribution in [-0.2, 0) is 0 Å². The quantitative estimate of drug-likeness (QED) is 0.553. The number of ketones is 1. The molecule has 1 aliphatic heterocycles. The summed E-state index contributed by atoms with van der Waals surface area (Å²) in [7, 11) is 2.02. The Hall–Kier alpha value is -2.31. The first-order chi connectivity index (χ1) is 11.6. The smallest absolute Gasteiger partial charge is 0.208 e. The van der Waals surface area contributed by atoms with Crippen LogP contribution in [0.15, 0.2) is 59.5 Å². The maximum Gasteiger partial charge on any atom is 0.208 e. The third-order valence-electron chi connectivity index (χ3n) is 5.12. The molecule has 124 valence electrons. The van der Waals surface area contributed by atoms with E-state index in [0.717, 1.165) is 42.5 Å². The lowest BCUT2D eigenvalue weighted by molar-refractivity contribution is 0.0994. The molecule has 3 rings (SSSR count). The fourth-order valence-corrected chi connectivity index (χ4v) is 3.38. The highest BCUT2D eigenvalue weighted by atomic mass is 16.1. The van der Waals surface area contributed by atoms with E-state index < -0.39 is 0 Å². The van der Waals surface area contributed by atoms with Gasteiger partial charge in [-0.1, -0.05) is 50.3 Å². The van der Waals surface area contributed by atoms with Crippen LogP contribution in [0.3, 0.4) is 0 Å². The first-order valence-corrected chi connectivity index (χ1v) is 8.86. The number of likely N-dealkylation sites (N-methyl/N-ethyl adjacent to an activating group) is 1. The topological polar surface area (TPSA) is 20.3 Å². The van der Waals surface area contributed by atoms with Crippen LogP contribution in [0.1, 0.15) is 55.5 Å². The molecule has 0 amide bonds. The van der Waals surface area contributed by atoms with Gasteiger partial charge in [0.25, 0.3) is 0 Å². The van der Waals surface area contributed by atoms with Crippen molar-refractivity contribution in [2.24, 2.45) is 0 Å². The van der Waals surface area contributed by atoms with Gasteiger partial charge in [-0.25, -0.2) is 0 Å². The fourth-order valence-electron chi connectivity index (χ4n) is 3.38. The molecule has 2 aliphatic rings. The molecule has 0 fully saturated rings. The van der Waals surface area contributed by atoms with Gasteiger partial charge in [-0.2, -0.15) is 0 Å². The van der Waals surface area contributed by atoms with Crippen molar-refractivity contribution in [3.8, 4) is 0 Å². The summed E-state index contributed by atoms with van der Waals surface area (Å²) >= 11 is 0. The number of allylic oxidation sites excluding steroid dienone is 4. The first kappa shape index (κ1) is 16.5. The monoisotopic (exact) mass is 319 g/mol. The summed E-state index contributed by atoms with van der Waals surface area (Å²) in [6, 6.07) is 8.43. The van der Waals surface area contributed by atoms with E-state index in [1.165, 1.54) is 11.1 Å². The van der Waals surface area contributed by atoms with E-state index in [1.54, 1.807) is 0 Å². The Kier molecular flexibility index (Phi) is 4.87. The summed E-state index contributed by atoms with van der Waals surface area (Å²) in [6.07, 6.45) is 10.4. The van der Waals surface area contributed by atoms with Gasteiger partial charge in [-0.3, -0.25) is 4.79 Å². The number of Topliss-reactive ketones (excluding diaryl/α,β-unsaturated/α-hetero) is 1. The van der Waals surface area contributed by atoms with Gasteiger partial charge >= 0.3 is 0 Å². The summed E-state index contributed by atoms with van der Waals surface area (Å²) < 4.78 is 0. The molecular weight excluding hydrogens is 294 g/mol. The van der Waals surface area contributed by atoms with Gasteiger partial charge in [0.1, 0.15) is 0 Å². The Labute approximate surface area is 144 Å². The Morgan fingerprint density at radius 1 is 1.21 bits per heavy atom. The number of benzene rings is 1. The van der Waals surface area contributed by atoms with E-state index in [2.05, 4.69) is 42.7 Å². The lowest BCUT2D eigenvalue weighted by Gasteiger charge is -2.23. The Morgan fingerprint density at radius 2 is 1.96 bits per heavy atom. The number of hydrogen-bond donors (Lipinski definition) is 0. The average Bonchev–Trinajstić information content (AvgIpc) is 3.02. The van der Waals surface area contributed by atoms with Gasteiger partial charge in [0.05, 0.1) is 5.70 Å². The number of carbonyl (C=O) groups excluding carboxylic acids is 1. The zero-order chi connectivity index (χ0) is 17.1. The molecule has 0 radical (unpaired) electrons. The number of carbonyl (C=O) groups is 1. The third-order valence-corrected chi connectivity index (χ3v) is 5.12. The SMILES string of the molecule is CCC1=C=CC(c2ccc(C(=O)C3=CCC(CC)N3C)cc2)=CC1. The van der Waals surface area contributed by atoms with Crippen LogP contribution in [0.2, 0.25) is 0 Å². The lowest BCUT2D eigenvalue weighted by atomic mass is 9.96. The van der Waals surface area contributed by atoms with Crippen LogP contribution in [0, 0.1) is 0 Å². The van der Waals surface area contributed by atoms with Gasteiger partial charge in [-0.15, -0.1) is 5.73 Å². The Morgan fingerprint density at radius 3 is 2.50 bits per heavy atom. The zero-order valence-corrected chi connectivity index (χ0v) is 14.8. The average molecular weight is 319 g/mol. The van der Waals surface area contributed by atoms with Gasteiger partial charge in [0.2, 0.25) is 5.78 Å². The molecule has 0 saturated carbocycles. The maximum atomic E-state index is 12.7.